The summed E-state index contributed by atoms with van der Waals surface area (Å²) in [6.07, 6.45) is 2.08. The van der Waals surface area contributed by atoms with E-state index >= 15 is 0 Å². The second kappa shape index (κ2) is 5.63. The van der Waals surface area contributed by atoms with Crippen LogP contribution in [0.4, 0.5) is 5.82 Å². The second-order valence-electron chi connectivity index (χ2n) is 4.55. The summed E-state index contributed by atoms with van der Waals surface area (Å²) in [6, 6.07) is 10.8. The maximum atomic E-state index is 12.3. The number of carbonyl (C=O) groups is 1. The molecule has 1 aromatic heterocycles. The normalized spacial score (nSPS) is 12.1. The average Bonchev–Trinajstić information content (AvgIpc) is 2.39. The molecule has 0 aliphatic rings. The Bertz CT molecular complexity index is 561. The molecule has 0 bridgehead atoms. The van der Waals surface area contributed by atoms with Crippen LogP contribution in [0.3, 0.4) is 0 Å². The summed E-state index contributed by atoms with van der Waals surface area (Å²) < 4.78 is 0. The summed E-state index contributed by atoms with van der Waals surface area (Å²) in [5, 5.41) is 0. The van der Waals surface area contributed by atoms with E-state index in [1.165, 1.54) is 0 Å². The number of hydrogen-bond donors (Lipinski definition) is 2. The lowest BCUT2D eigenvalue weighted by molar-refractivity contribution is 0.0961. The van der Waals surface area contributed by atoms with E-state index in [9.17, 15) is 4.79 Å². The van der Waals surface area contributed by atoms with Gasteiger partial charge in [0.05, 0.1) is 11.6 Å². The second-order valence-corrected chi connectivity index (χ2v) is 4.55. The van der Waals surface area contributed by atoms with Crippen molar-refractivity contribution in [1.29, 1.82) is 0 Å². The van der Waals surface area contributed by atoms with Gasteiger partial charge in [0, 0.05) is 6.20 Å². The molecule has 0 aliphatic carbocycles. The van der Waals surface area contributed by atoms with Gasteiger partial charge in [0.25, 0.3) is 0 Å². The molecular formula is C15H17N3O. The third kappa shape index (κ3) is 2.98. The van der Waals surface area contributed by atoms with Crippen LogP contribution in [0.25, 0.3) is 0 Å². The first-order valence-electron chi connectivity index (χ1n) is 6.14. The zero-order valence-electron chi connectivity index (χ0n) is 10.8. The monoisotopic (exact) mass is 255 g/mol. The number of rotatable bonds is 4. The summed E-state index contributed by atoms with van der Waals surface area (Å²) in [4.78, 5) is 16.3. The number of hydrogen-bond acceptors (Lipinski definition) is 4. The number of nitrogen functional groups attached to an aromatic ring is 1. The van der Waals surface area contributed by atoms with Gasteiger partial charge in [-0.3, -0.25) is 4.79 Å². The molecule has 0 saturated heterocycles. The highest BCUT2D eigenvalue weighted by molar-refractivity contribution is 6.04. The third-order valence-corrected chi connectivity index (χ3v) is 3.07. The van der Waals surface area contributed by atoms with E-state index in [0.717, 1.165) is 11.1 Å². The summed E-state index contributed by atoms with van der Waals surface area (Å²) in [6.45, 7) is 1.83. The van der Waals surface area contributed by atoms with Crippen molar-refractivity contribution in [2.24, 2.45) is 5.73 Å². The topological polar surface area (TPSA) is 82.0 Å². The van der Waals surface area contributed by atoms with E-state index < -0.39 is 6.04 Å². The first kappa shape index (κ1) is 13.2. The number of carbonyl (C=O) groups excluding carboxylic acids is 1. The number of aromatic nitrogens is 1. The summed E-state index contributed by atoms with van der Waals surface area (Å²) in [7, 11) is 0. The van der Waals surface area contributed by atoms with Gasteiger partial charge in [0.1, 0.15) is 5.82 Å². The van der Waals surface area contributed by atoms with E-state index in [2.05, 4.69) is 4.98 Å². The highest BCUT2D eigenvalue weighted by atomic mass is 16.1. The maximum Gasteiger partial charge on any atom is 0.183 e. The van der Waals surface area contributed by atoms with E-state index in [1.54, 1.807) is 12.3 Å². The Morgan fingerprint density at radius 2 is 1.95 bits per heavy atom. The van der Waals surface area contributed by atoms with Gasteiger partial charge in [-0.1, -0.05) is 30.3 Å². The Morgan fingerprint density at radius 3 is 2.58 bits per heavy atom. The minimum Gasteiger partial charge on any atom is -0.383 e. The molecule has 4 N–H and O–H groups in total. The molecule has 0 spiro atoms. The van der Waals surface area contributed by atoms with Crippen LogP contribution in [0.15, 0.2) is 42.6 Å². The van der Waals surface area contributed by atoms with Crippen LogP contribution in [0.2, 0.25) is 0 Å². The number of anilines is 1. The molecule has 2 rings (SSSR count). The van der Waals surface area contributed by atoms with Gasteiger partial charge < -0.3 is 11.5 Å². The molecule has 1 aromatic carbocycles. The largest absolute Gasteiger partial charge is 0.383 e. The smallest absolute Gasteiger partial charge is 0.183 e. The Labute approximate surface area is 112 Å². The van der Waals surface area contributed by atoms with Crippen molar-refractivity contribution in [3.63, 3.8) is 0 Å². The number of Topliss-reactive ketones (excluding diaryl/α,β-unsaturated/α-hetero) is 1. The van der Waals surface area contributed by atoms with E-state index in [-0.39, 0.29) is 11.6 Å². The Hall–Kier alpha value is -2.20. The highest BCUT2D eigenvalue weighted by Crippen LogP contribution is 2.16. The number of pyridine rings is 1. The first-order valence-corrected chi connectivity index (χ1v) is 6.14. The molecule has 1 atom stereocenters. The van der Waals surface area contributed by atoms with Crippen molar-refractivity contribution < 1.29 is 4.79 Å². The third-order valence-electron chi connectivity index (χ3n) is 3.07. The highest BCUT2D eigenvalue weighted by Gasteiger charge is 2.20. The fourth-order valence-corrected chi connectivity index (χ4v) is 2.05. The number of ketones is 1. The minimum absolute atomic E-state index is 0.160. The van der Waals surface area contributed by atoms with Crippen molar-refractivity contribution in [2.45, 2.75) is 19.4 Å². The van der Waals surface area contributed by atoms with E-state index in [1.807, 2.05) is 37.3 Å². The minimum atomic E-state index is -0.604. The van der Waals surface area contributed by atoms with E-state index in [4.69, 9.17) is 11.5 Å². The summed E-state index contributed by atoms with van der Waals surface area (Å²) >= 11 is 0. The number of aryl methyl sites for hydroxylation is 1. The molecule has 0 fully saturated rings. The molecular weight excluding hydrogens is 238 g/mol. The molecule has 19 heavy (non-hydrogen) atoms. The lowest BCUT2D eigenvalue weighted by Crippen LogP contribution is -2.33. The standard InChI is InChI=1S/C15H17N3O/c1-10-7-8-18-15(17)13(10)14(19)12(16)9-11-5-3-2-4-6-11/h2-8,12H,9,16H2,1H3,(H2,17,18). The van der Waals surface area contributed by atoms with Crippen molar-refractivity contribution in [3.8, 4) is 0 Å². The molecule has 1 heterocycles. The molecule has 4 nitrogen and oxygen atoms in total. The lowest BCUT2D eigenvalue weighted by Gasteiger charge is -2.13. The van der Waals surface area contributed by atoms with Crippen molar-refractivity contribution >= 4 is 11.6 Å². The predicted octanol–water partition coefficient (Wildman–Crippen LogP) is 1.72. The summed E-state index contributed by atoms with van der Waals surface area (Å²) in [5.74, 6) is 0.0838. The van der Waals surface area contributed by atoms with Gasteiger partial charge in [-0.2, -0.15) is 0 Å². The predicted molar refractivity (Wildman–Crippen MR) is 75.8 cm³/mol. The lowest BCUT2D eigenvalue weighted by atomic mass is 9.96. The molecule has 0 aliphatic heterocycles. The van der Waals surface area contributed by atoms with Crippen LogP contribution in [-0.2, 0) is 6.42 Å². The van der Waals surface area contributed by atoms with Crippen LogP contribution < -0.4 is 11.5 Å². The fraction of sp³-hybridized carbons (Fsp3) is 0.200. The molecule has 2 aromatic rings. The SMILES string of the molecule is Cc1ccnc(N)c1C(=O)C(N)Cc1ccccc1. The average molecular weight is 255 g/mol. The molecule has 0 radical (unpaired) electrons. The van der Waals surface area contributed by atoms with Crippen LogP contribution in [0.5, 0.6) is 0 Å². The van der Waals surface area contributed by atoms with Crippen LogP contribution in [0, 0.1) is 6.92 Å². The van der Waals surface area contributed by atoms with Gasteiger partial charge in [0.2, 0.25) is 0 Å². The van der Waals surface area contributed by atoms with Crippen molar-refractivity contribution in [1.82, 2.24) is 4.98 Å². The molecule has 4 heteroatoms. The van der Waals surface area contributed by atoms with E-state index in [0.29, 0.717) is 12.0 Å². The maximum absolute atomic E-state index is 12.3. The zero-order chi connectivity index (χ0) is 13.8. The molecule has 0 saturated carbocycles. The van der Waals surface area contributed by atoms with Crippen LogP contribution in [-0.4, -0.2) is 16.8 Å². The number of benzene rings is 1. The summed E-state index contributed by atoms with van der Waals surface area (Å²) in [5.41, 5.74) is 14.0. The van der Waals surface area contributed by atoms with Gasteiger partial charge in [-0.15, -0.1) is 0 Å². The molecule has 0 amide bonds. The van der Waals surface area contributed by atoms with Gasteiger partial charge in [0.15, 0.2) is 5.78 Å². The number of nitrogens with zero attached hydrogens (tertiary/aromatic N) is 1. The Balaban J connectivity index is 2.20. The quantitative estimate of drug-likeness (QED) is 0.815. The molecule has 1 unspecified atom stereocenters. The van der Waals surface area contributed by atoms with Gasteiger partial charge in [-0.05, 0) is 30.5 Å². The fourth-order valence-electron chi connectivity index (χ4n) is 2.05. The Morgan fingerprint density at radius 1 is 1.26 bits per heavy atom. The van der Waals surface area contributed by atoms with Crippen molar-refractivity contribution in [3.05, 3.63) is 59.3 Å². The van der Waals surface area contributed by atoms with Crippen molar-refractivity contribution in [2.75, 3.05) is 5.73 Å². The van der Waals surface area contributed by atoms with Crippen LogP contribution >= 0.6 is 0 Å². The Kier molecular flexibility index (Phi) is 3.92. The first-order chi connectivity index (χ1) is 9.09. The van der Waals surface area contributed by atoms with Gasteiger partial charge >= 0.3 is 0 Å². The van der Waals surface area contributed by atoms with Gasteiger partial charge in [-0.25, -0.2) is 4.98 Å². The zero-order valence-corrected chi connectivity index (χ0v) is 10.8. The van der Waals surface area contributed by atoms with Crippen LogP contribution in [0.1, 0.15) is 21.5 Å². The molecule has 98 valence electrons. The number of nitrogens with two attached hydrogens (primary N) is 2.